The summed E-state index contributed by atoms with van der Waals surface area (Å²) >= 11 is 6.27. The Morgan fingerprint density at radius 2 is 1.97 bits per heavy atom. The van der Waals surface area contributed by atoms with Gasteiger partial charge in [-0.3, -0.25) is 9.69 Å². The molecule has 1 atom stereocenters. The summed E-state index contributed by atoms with van der Waals surface area (Å²) in [6.45, 7) is 2.67. The number of anilines is 1. The van der Waals surface area contributed by atoms with Crippen LogP contribution in [0.3, 0.4) is 0 Å². The molecule has 8 heteroatoms. The van der Waals surface area contributed by atoms with E-state index in [4.69, 9.17) is 11.6 Å². The number of nitrogens with one attached hydrogen (secondary N) is 1. The molecular weight excluding hydrogens is 410 g/mol. The van der Waals surface area contributed by atoms with Crippen molar-refractivity contribution in [2.45, 2.75) is 25.4 Å². The third-order valence-corrected chi connectivity index (χ3v) is 5.54. The second-order valence-electron chi connectivity index (χ2n) is 7.39. The number of likely N-dealkylation sites (tertiary alicyclic amines) is 1. The highest BCUT2D eigenvalue weighted by Crippen LogP contribution is 2.22. The molecule has 5 nitrogen and oxygen atoms in total. The second kappa shape index (κ2) is 8.93. The van der Waals surface area contributed by atoms with E-state index in [2.05, 4.69) is 27.4 Å². The van der Waals surface area contributed by atoms with Crippen LogP contribution in [0, 0.1) is 11.6 Å². The molecule has 30 heavy (non-hydrogen) atoms. The molecule has 1 fully saturated rings. The van der Waals surface area contributed by atoms with Crippen LogP contribution in [0.1, 0.15) is 18.4 Å². The first kappa shape index (κ1) is 20.5. The normalized spacial score (nSPS) is 17.1. The van der Waals surface area contributed by atoms with E-state index in [1.165, 1.54) is 11.8 Å². The third kappa shape index (κ3) is 4.52. The minimum atomic E-state index is -0.884. The molecule has 0 bridgehead atoms. The van der Waals surface area contributed by atoms with E-state index in [9.17, 15) is 13.6 Å². The van der Waals surface area contributed by atoms with Gasteiger partial charge in [-0.15, -0.1) is 0 Å². The average Bonchev–Trinajstić information content (AvgIpc) is 2.73. The number of nitrogens with zero attached hydrogens (tertiary/aromatic N) is 3. The van der Waals surface area contributed by atoms with Crippen LogP contribution in [0.15, 0.2) is 59.5 Å². The molecule has 2 aromatic carbocycles. The molecule has 0 amide bonds. The zero-order valence-corrected chi connectivity index (χ0v) is 16.9. The lowest BCUT2D eigenvalue weighted by Crippen LogP contribution is -2.42. The lowest BCUT2D eigenvalue weighted by molar-refractivity contribution is 0.208. The minimum Gasteiger partial charge on any atom is -0.378 e. The molecule has 1 aromatic heterocycles. The highest BCUT2D eigenvalue weighted by Gasteiger charge is 2.22. The Balaban J connectivity index is 1.49. The Bertz CT molecular complexity index is 1090. The predicted molar refractivity (Wildman–Crippen MR) is 113 cm³/mol. The van der Waals surface area contributed by atoms with Gasteiger partial charge in [0.25, 0.3) is 5.56 Å². The van der Waals surface area contributed by atoms with Crippen LogP contribution in [-0.4, -0.2) is 33.8 Å². The van der Waals surface area contributed by atoms with Crippen molar-refractivity contribution in [3.63, 3.8) is 0 Å². The quantitative estimate of drug-likeness (QED) is 0.657. The van der Waals surface area contributed by atoms with Crippen LogP contribution in [-0.2, 0) is 6.54 Å². The van der Waals surface area contributed by atoms with Gasteiger partial charge in [0, 0.05) is 25.2 Å². The Labute approximate surface area is 177 Å². The van der Waals surface area contributed by atoms with E-state index < -0.39 is 17.2 Å². The third-order valence-electron chi connectivity index (χ3n) is 5.17. The number of piperidine rings is 1. The SMILES string of the molecule is O=c1c(Cl)c(NC2CCCN(Cc3ccccc3)C2)cnn1-c1ccc(F)cc1F. The maximum Gasteiger partial charge on any atom is 0.292 e. The second-order valence-corrected chi connectivity index (χ2v) is 7.77. The highest BCUT2D eigenvalue weighted by molar-refractivity contribution is 6.33. The van der Waals surface area contributed by atoms with Gasteiger partial charge in [0.05, 0.1) is 11.9 Å². The van der Waals surface area contributed by atoms with Gasteiger partial charge >= 0.3 is 0 Å². The lowest BCUT2D eigenvalue weighted by atomic mass is 10.0. The van der Waals surface area contributed by atoms with Crippen molar-refractivity contribution in [2.75, 3.05) is 18.4 Å². The summed E-state index contributed by atoms with van der Waals surface area (Å²) in [5.41, 5.74) is 0.847. The summed E-state index contributed by atoms with van der Waals surface area (Å²) in [7, 11) is 0. The van der Waals surface area contributed by atoms with Gasteiger partial charge in [0.1, 0.15) is 16.5 Å². The van der Waals surface area contributed by atoms with Gasteiger partial charge in [-0.1, -0.05) is 41.9 Å². The van der Waals surface area contributed by atoms with E-state index >= 15 is 0 Å². The fourth-order valence-electron chi connectivity index (χ4n) is 3.74. The summed E-state index contributed by atoms with van der Waals surface area (Å²) in [5, 5.41) is 7.26. The van der Waals surface area contributed by atoms with Crippen molar-refractivity contribution < 1.29 is 8.78 Å². The summed E-state index contributed by atoms with van der Waals surface area (Å²) in [6.07, 6.45) is 3.37. The van der Waals surface area contributed by atoms with Gasteiger partial charge in [-0.2, -0.15) is 9.78 Å². The van der Waals surface area contributed by atoms with E-state index in [-0.39, 0.29) is 16.8 Å². The highest BCUT2D eigenvalue weighted by atomic mass is 35.5. The summed E-state index contributed by atoms with van der Waals surface area (Å²) in [4.78, 5) is 15.0. The number of halogens is 3. The van der Waals surface area contributed by atoms with Gasteiger partial charge < -0.3 is 5.32 Å². The van der Waals surface area contributed by atoms with E-state index in [0.717, 1.165) is 49.3 Å². The summed E-state index contributed by atoms with van der Waals surface area (Å²) in [6, 6.07) is 13.3. The molecule has 4 rings (SSSR count). The maximum atomic E-state index is 14.0. The van der Waals surface area contributed by atoms with Crippen molar-refractivity contribution in [3.8, 4) is 5.69 Å². The number of benzene rings is 2. The van der Waals surface area contributed by atoms with Crippen molar-refractivity contribution in [2.24, 2.45) is 0 Å². The van der Waals surface area contributed by atoms with Gasteiger partial charge in [-0.05, 0) is 37.1 Å². The largest absolute Gasteiger partial charge is 0.378 e. The molecule has 1 aliphatic heterocycles. The van der Waals surface area contributed by atoms with Crippen LogP contribution >= 0.6 is 11.6 Å². The van der Waals surface area contributed by atoms with Crippen LogP contribution < -0.4 is 10.9 Å². The number of hydrogen-bond donors (Lipinski definition) is 1. The van der Waals surface area contributed by atoms with Crippen LogP contribution in [0.2, 0.25) is 5.02 Å². The maximum absolute atomic E-state index is 14.0. The van der Waals surface area contributed by atoms with Crippen LogP contribution in [0.5, 0.6) is 0 Å². The standard InChI is InChI=1S/C22H21ClF2N4O/c23-21-19(12-26-29(22(21)30)20-9-8-16(24)11-18(20)25)27-17-7-4-10-28(14-17)13-15-5-2-1-3-6-15/h1-3,5-6,8-9,11-12,17,27H,4,7,10,13-14H2. The molecule has 1 N–H and O–H groups in total. The number of rotatable bonds is 5. The molecule has 0 spiro atoms. The van der Waals surface area contributed by atoms with Crippen LogP contribution in [0.25, 0.3) is 5.69 Å². The monoisotopic (exact) mass is 430 g/mol. The molecule has 0 aliphatic carbocycles. The predicted octanol–water partition coefficient (Wildman–Crippen LogP) is 4.24. The van der Waals surface area contributed by atoms with Gasteiger partial charge in [0.15, 0.2) is 5.82 Å². The number of aromatic nitrogens is 2. The van der Waals surface area contributed by atoms with Gasteiger partial charge in [-0.25, -0.2) is 8.78 Å². The van der Waals surface area contributed by atoms with E-state index in [1.807, 2.05) is 18.2 Å². The first-order valence-corrected chi connectivity index (χ1v) is 10.1. The fraction of sp³-hybridized carbons (Fsp3) is 0.273. The molecule has 0 saturated carbocycles. The Kier molecular flexibility index (Phi) is 6.11. The fourth-order valence-corrected chi connectivity index (χ4v) is 3.92. The molecule has 0 radical (unpaired) electrons. The smallest absolute Gasteiger partial charge is 0.292 e. The topological polar surface area (TPSA) is 50.2 Å². The zero-order chi connectivity index (χ0) is 21.1. The molecule has 2 heterocycles. The van der Waals surface area contributed by atoms with Crippen molar-refractivity contribution in [3.05, 3.63) is 87.3 Å². The lowest BCUT2D eigenvalue weighted by Gasteiger charge is -2.33. The van der Waals surface area contributed by atoms with Gasteiger partial charge in [0.2, 0.25) is 0 Å². The molecule has 1 unspecified atom stereocenters. The summed E-state index contributed by atoms with van der Waals surface area (Å²) < 4.78 is 28.0. The minimum absolute atomic E-state index is 0.0751. The molecule has 156 valence electrons. The van der Waals surface area contributed by atoms with Crippen molar-refractivity contribution in [1.82, 2.24) is 14.7 Å². The first-order chi connectivity index (χ1) is 14.5. The molecule has 1 aliphatic rings. The van der Waals surface area contributed by atoms with E-state index in [1.54, 1.807) is 0 Å². The Morgan fingerprint density at radius 3 is 2.73 bits per heavy atom. The number of hydrogen-bond acceptors (Lipinski definition) is 4. The average molecular weight is 431 g/mol. The van der Waals surface area contributed by atoms with Crippen LogP contribution in [0.4, 0.5) is 14.5 Å². The molecule has 1 saturated heterocycles. The molecular formula is C22H21ClF2N4O. The summed E-state index contributed by atoms with van der Waals surface area (Å²) in [5.74, 6) is -1.61. The zero-order valence-electron chi connectivity index (χ0n) is 16.2. The Hall–Kier alpha value is -2.77. The van der Waals surface area contributed by atoms with Crippen molar-refractivity contribution in [1.29, 1.82) is 0 Å². The molecule has 3 aromatic rings. The first-order valence-electron chi connectivity index (χ1n) is 9.77. The van der Waals surface area contributed by atoms with Crippen molar-refractivity contribution >= 4 is 17.3 Å². The van der Waals surface area contributed by atoms with E-state index in [0.29, 0.717) is 11.8 Å². The Morgan fingerprint density at radius 1 is 1.17 bits per heavy atom.